The van der Waals surface area contributed by atoms with Crippen LogP contribution in [0.3, 0.4) is 0 Å². The average Bonchev–Trinajstić information content (AvgIpc) is 2.92. The Bertz CT molecular complexity index is 1040. The molecule has 0 unspecified atom stereocenters. The van der Waals surface area contributed by atoms with Crippen molar-refractivity contribution < 1.29 is 17.6 Å². The third-order valence-electron chi connectivity index (χ3n) is 3.38. The first-order valence-electron chi connectivity index (χ1n) is 6.80. The van der Waals surface area contributed by atoms with Gasteiger partial charge in [0, 0.05) is 16.6 Å². The van der Waals surface area contributed by atoms with Gasteiger partial charge in [-0.3, -0.25) is 4.72 Å². The minimum atomic E-state index is -3.39. The lowest BCUT2D eigenvalue weighted by molar-refractivity contribution is 0.248. The van der Waals surface area contributed by atoms with E-state index in [2.05, 4.69) is 9.82 Å². The molecule has 9 heteroatoms. The zero-order valence-electron chi connectivity index (χ0n) is 12.5. The number of anilines is 1. The lowest BCUT2D eigenvalue weighted by Gasteiger charge is -2.08. The number of nitrogens with one attached hydrogen (secondary N) is 1. The third-order valence-corrected chi connectivity index (χ3v) is 3.99. The number of primary amides is 1. The monoisotopic (exact) mass is 348 g/mol. The van der Waals surface area contributed by atoms with Crippen LogP contribution in [0.15, 0.2) is 42.6 Å². The summed E-state index contributed by atoms with van der Waals surface area (Å²) in [6, 6.07) is 8.49. The number of fused-ring (bicyclic) bond motifs is 1. The summed E-state index contributed by atoms with van der Waals surface area (Å²) >= 11 is 0. The Hall–Kier alpha value is -2.94. The fourth-order valence-electron chi connectivity index (χ4n) is 2.40. The SMILES string of the molecule is CS(=O)(=O)Nc1ccc(-c2ccc3cnn(C(N)=O)c3c2F)cc1. The maximum atomic E-state index is 14.8. The molecule has 1 amide bonds. The van der Waals surface area contributed by atoms with Crippen molar-refractivity contribution in [3.63, 3.8) is 0 Å². The molecule has 7 nitrogen and oxygen atoms in total. The summed E-state index contributed by atoms with van der Waals surface area (Å²) < 4.78 is 40.3. The molecule has 124 valence electrons. The van der Waals surface area contributed by atoms with Crippen molar-refractivity contribution in [2.24, 2.45) is 5.73 Å². The molecule has 24 heavy (non-hydrogen) atoms. The number of hydrogen-bond donors (Lipinski definition) is 2. The number of rotatable bonds is 3. The molecule has 1 aromatic heterocycles. The van der Waals surface area contributed by atoms with Gasteiger partial charge >= 0.3 is 6.03 Å². The highest BCUT2D eigenvalue weighted by atomic mass is 32.2. The van der Waals surface area contributed by atoms with E-state index in [0.29, 0.717) is 16.6 Å². The minimum absolute atomic E-state index is 0.00154. The van der Waals surface area contributed by atoms with Gasteiger partial charge in [-0.2, -0.15) is 9.78 Å². The Balaban J connectivity index is 2.08. The number of nitrogens with zero attached hydrogens (tertiary/aromatic N) is 2. The Morgan fingerprint density at radius 1 is 1.21 bits per heavy atom. The molecule has 0 fully saturated rings. The summed E-state index contributed by atoms with van der Waals surface area (Å²) in [6.45, 7) is 0. The molecule has 0 saturated carbocycles. The maximum Gasteiger partial charge on any atom is 0.340 e. The zero-order chi connectivity index (χ0) is 17.5. The van der Waals surface area contributed by atoms with Crippen LogP contribution >= 0.6 is 0 Å². The van der Waals surface area contributed by atoms with Gasteiger partial charge in [-0.25, -0.2) is 17.6 Å². The number of benzene rings is 2. The molecule has 0 spiro atoms. The fraction of sp³-hybridized carbons (Fsp3) is 0.0667. The second-order valence-corrected chi connectivity index (χ2v) is 6.96. The lowest BCUT2D eigenvalue weighted by atomic mass is 10.0. The molecule has 2 aromatic carbocycles. The maximum absolute atomic E-state index is 14.8. The van der Waals surface area contributed by atoms with Crippen LogP contribution in [-0.4, -0.2) is 30.5 Å². The Morgan fingerprint density at radius 2 is 1.88 bits per heavy atom. The van der Waals surface area contributed by atoms with Crippen molar-refractivity contribution in [3.8, 4) is 11.1 Å². The van der Waals surface area contributed by atoms with Crippen molar-refractivity contribution >= 4 is 32.6 Å². The third kappa shape index (κ3) is 2.93. The molecule has 0 aliphatic rings. The number of carbonyl (C=O) groups is 1. The number of nitrogens with two attached hydrogens (primary N) is 1. The standard InChI is InChI=1S/C15H13FN4O3S/c1-24(22,23)19-11-5-2-9(3-6-11)12-7-4-10-8-18-20(15(17)21)14(10)13(12)16/h2-8,19H,1H3,(H2,17,21). The van der Waals surface area contributed by atoms with E-state index < -0.39 is 21.9 Å². The van der Waals surface area contributed by atoms with Gasteiger partial charge in [0.15, 0.2) is 5.82 Å². The minimum Gasteiger partial charge on any atom is -0.350 e. The van der Waals surface area contributed by atoms with E-state index in [-0.39, 0.29) is 11.1 Å². The predicted molar refractivity (Wildman–Crippen MR) is 88.6 cm³/mol. The van der Waals surface area contributed by atoms with Crippen molar-refractivity contribution in [2.75, 3.05) is 11.0 Å². The van der Waals surface area contributed by atoms with Crippen LogP contribution in [0.5, 0.6) is 0 Å². The summed E-state index contributed by atoms with van der Waals surface area (Å²) in [4.78, 5) is 11.3. The van der Waals surface area contributed by atoms with Gasteiger partial charge in [-0.1, -0.05) is 24.3 Å². The first-order chi connectivity index (χ1) is 11.3. The molecule has 0 aliphatic carbocycles. The zero-order valence-corrected chi connectivity index (χ0v) is 13.3. The molecule has 3 rings (SSSR count). The van der Waals surface area contributed by atoms with Gasteiger partial charge in [0.2, 0.25) is 10.0 Å². The van der Waals surface area contributed by atoms with E-state index in [1.807, 2.05) is 0 Å². The van der Waals surface area contributed by atoms with Crippen LogP contribution in [-0.2, 0) is 10.0 Å². The molecule has 0 radical (unpaired) electrons. The van der Waals surface area contributed by atoms with Crippen LogP contribution in [0.2, 0.25) is 0 Å². The van der Waals surface area contributed by atoms with Crippen molar-refractivity contribution in [1.29, 1.82) is 0 Å². The van der Waals surface area contributed by atoms with E-state index in [1.165, 1.54) is 18.3 Å². The van der Waals surface area contributed by atoms with E-state index in [0.717, 1.165) is 10.9 Å². The smallest absolute Gasteiger partial charge is 0.340 e. The van der Waals surface area contributed by atoms with Gasteiger partial charge in [-0.05, 0) is 17.7 Å². The number of hydrogen-bond acceptors (Lipinski definition) is 4. The largest absolute Gasteiger partial charge is 0.350 e. The van der Waals surface area contributed by atoms with Crippen molar-refractivity contribution in [1.82, 2.24) is 9.78 Å². The van der Waals surface area contributed by atoms with E-state index in [4.69, 9.17) is 5.73 Å². The number of amides is 1. The number of halogens is 1. The highest BCUT2D eigenvalue weighted by Crippen LogP contribution is 2.29. The Morgan fingerprint density at radius 3 is 2.46 bits per heavy atom. The molecule has 3 N–H and O–H groups in total. The van der Waals surface area contributed by atoms with Gasteiger partial charge in [0.25, 0.3) is 0 Å². The predicted octanol–water partition coefficient (Wildman–Crippen LogP) is 2.14. The van der Waals surface area contributed by atoms with Gasteiger partial charge in [-0.15, -0.1) is 0 Å². The molecule has 0 saturated heterocycles. The molecular weight excluding hydrogens is 335 g/mol. The van der Waals surface area contributed by atoms with E-state index in [9.17, 15) is 17.6 Å². The molecule has 1 heterocycles. The normalized spacial score (nSPS) is 11.6. The van der Waals surface area contributed by atoms with Crippen LogP contribution < -0.4 is 10.5 Å². The van der Waals surface area contributed by atoms with Gasteiger partial charge in [0.05, 0.1) is 12.5 Å². The highest BCUT2D eigenvalue weighted by molar-refractivity contribution is 7.92. The van der Waals surface area contributed by atoms with Crippen LogP contribution in [0.1, 0.15) is 0 Å². The van der Waals surface area contributed by atoms with Crippen LogP contribution in [0.4, 0.5) is 14.9 Å². The highest BCUT2D eigenvalue weighted by Gasteiger charge is 2.16. The Kier molecular flexibility index (Phi) is 3.72. The van der Waals surface area contributed by atoms with E-state index >= 15 is 0 Å². The molecule has 0 aliphatic heterocycles. The topological polar surface area (TPSA) is 107 Å². The first-order valence-corrected chi connectivity index (χ1v) is 8.70. The van der Waals surface area contributed by atoms with Crippen molar-refractivity contribution in [3.05, 3.63) is 48.4 Å². The molecule has 0 atom stereocenters. The summed E-state index contributed by atoms with van der Waals surface area (Å²) in [6.07, 6.45) is 2.39. The second kappa shape index (κ2) is 5.60. The average molecular weight is 348 g/mol. The van der Waals surface area contributed by atoms with Gasteiger partial charge < -0.3 is 5.73 Å². The summed E-state index contributed by atoms with van der Waals surface area (Å²) in [5.41, 5.74) is 6.32. The first kappa shape index (κ1) is 15.9. The molecule has 3 aromatic rings. The lowest BCUT2D eigenvalue weighted by Crippen LogP contribution is -2.21. The van der Waals surface area contributed by atoms with Gasteiger partial charge in [0.1, 0.15) is 5.52 Å². The number of aromatic nitrogens is 2. The summed E-state index contributed by atoms with van der Waals surface area (Å²) in [5.74, 6) is -0.632. The summed E-state index contributed by atoms with van der Waals surface area (Å²) in [5, 5.41) is 4.22. The van der Waals surface area contributed by atoms with Crippen LogP contribution in [0, 0.1) is 5.82 Å². The second-order valence-electron chi connectivity index (χ2n) is 5.21. The molecule has 0 bridgehead atoms. The number of carbonyl (C=O) groups excluding carboxylic acids is 1. The Labute approximate surface area is 136 Å². The summed E-state index contributed by atoms with van der Waals surface area (Å²) in [7, 11) is -3.39. The molecular formula is C15H13FN4O3S. The van der Waals surface area contributed by atoms with E-state index in [1.54, 1.807) is 24.3 Å². The van der Waals surface area contributed by atoms with Crippen molar-refractivity contribution in [2.45, 2.75) is 0 Å². The quantitative estimate of drug-likeness (QED) is 0.756. The van der Waals surface area contributed by atoms with Crippen LogP contribution in [0.25, 0.3) is 22.0 Å². The number of sulfonamides is 1. The fourth-order valence-corrected chi connectivity index (χ4v) is 2.96.